The highest BCUT2D eigenvalue weighted by Crippen LogP contribution is 2.33. The van der Waals surface area contributed by atoms with E-state index < -0.39 is 0 Å². The molecule has 0 radical (unpaired) electrons. The normalized spacial score (nSPS) is 10.5. The van der Waals surface area contributed by atoms with Gasteiger partial charge in [0.05, 0.1) is 12.8 Å². The Balaban J connectivity index is 1.74. The van der Waals surface area contributed by atoms with Gasteiger partial charge in [-0.3, -0.25) is 14.6 Å². The maximum Gasteiger partial charge on any atom is 0.226 e. The van der Waals surface area contributed by atoms with E-state index in [0.717, 1.165) is 22.4 Å². The molecule has 0 N–H and O–H groups in total. The number of ether oxygens (including phenoxy) is 1. The zero-order valence-electron chi connectivity index (χ0n) is 17.6. The van der Waals surface area contributed by atoms with Crippen LogP contribution >= 0.6 is 0 Å². The number of hydrogen-bond acceptors (Lipinski definition) is 4. The zero-order chi connectivity index (χ0) is 21.5. The van der Waals surface area contributed by atoms with Gasteiger partial charge in [-0.05, 0) is 41.3 Å². The van der Waals surface area contributed by atoms with Crippen molar-refractivity contribution < 1.29 is 14.3 Å². The Kier molecular flexibility index (Phi) is 6.96. The molecule has 0 atom stereocenters. The summed E-state index contributed by atoms with van der Waals surface area (Å²) in [5.41, 5.74) is 4.42. The van der Waals surface area contributed by atoms with E-state index in [9.17, 15) is 9.59 Å². The van der Waals surface area contributed by atoms with Gasteiger partial charge >= 0.3 is 0 Å². The van der Waals surface area contributed by atoms with Gasteiger partial charge in [-0.2, -0.15) is 0 Å². The summed E-state index contributed by atoms with van der Waals surface area (Å²) in [5, 5.41) is 0. The van der Waals surface area contributed by atoms with Crippen molar-refractivity contribution in [3.05, 3.63) is 78.1 Å². The molecule has 1 amide bonds. The van der Waals surface area contributed by atoms with Gasteiger partial charge in [0, 0.05) is 37.8 Å². The van der Waals surface area contributed by atoms with Gasteiger partial charge in [-0.1, -0.05) is 43.3 Å². The number of rotatable bonds is 8. The van der Waals surface area contributed by atoms with Crippen LogP contribution in [0.5, 0.6) is 5.75 Å². The standard InChI is InChI=1S/C25H26N2O3/c1-4-25(29)27(2)22-13-12-21(16-24(22)30-3)19-8-10-20(11-9-19)23(28)14-7-18-6-5-15-26-17-18/h5-6,8-13,15-17H,4,7,14H2,1-3H3. The van der Waals surface area contributed by atoms with E-state index >= 15 is 0 Å². The average Bonchev–Trinajstić information content (AvgIpc) is 2.81. The predicted octanol–water partition coefficient (Wildman–Crippen LogP) is 4.95. The van der Waals surface area contributed by atoms with E-state index in [0.29, 0.717) is 30.6 Å². The number of nitrogens with zero attached hydrogens (tertiary/aromatic N) is 2. The zero-order valence-corrected chi connectivity index (χ0v) is 17.6. The largest absolute Gasteiger partial charge is 0.495 e. The maximum atomic E-state index is 12.5. The molecule has 1 aromatic heterocycles. The molecule has 0 aliphatic rings. The third-order valence-electron chi connectivity index (χ3n) is 5.12. The van der Waals surface area contributed by atoms with Crippen molar-refractivity contribution in [3.8, 4) is 16.9 Å². The summed E-state index contributed by atoms with van der Waals surface area (Å²) < 4.78 is 5.51. The molecule has 0 aliphatic carbocycles. The highest BCUT2D eigenvalue weighted by molar-refractivity contribution is 5.97. The number of benzene rings is 2. The third kappa shape index (κ3) is 4.92. The highest BCUT2D eigenvalue weighted by Gasteiger charge is 2.15. The van der Waals surface area contributed by atoms with Crippen molar-refractivity contribution in [2.75, 3.05) is 19.1 Å². The van der Waals surface area contributed by atoms with Crippen molar-refractivity contribution >= 4 is 17.4 Å². The predicted molar refractivity (Wildman–Crippen MR) is 119 cm³/mol. The molecule has 3 rings (SSSR count). The van der Waals surface area contributed by atoms with Crippen molar-refractivity contribution in [2.24, 2.45) is 0 Å². The fourth-order valence-corrected chi connectivity index (χ4v) is 3.30. The van der Waals surface area contributed by atoms with E-state index in [-0.39, 0.29) is 11.7 Å². The van der Waals surface area contributed by atoms with Gasteiger partial charge in [0.2, 0.25) is 5.91 Å². The third-order valence-corrected chi connectivity index (χ3v) is 5.12. The maximum absolute atomic E-state index is 12.5. The monoisotopic (exact) mass is 402 g/mol. The summed E-state index contributed by atoms with van der Waals surface area (Å²) in [4.78, 5) is 30.2. The second-order valence-electron chi connectivity index (χ2n) is 7.05. The first-order chi connectivity index (χ1) is 14.5. The second kappa shape index (κ2) is 9.83. The van der Waals surface area contributed by atoms with Gasteiger partial charge in [-0.15, -0.1) is 0 Å². The number of pyridine rings is 1. The fourth-order valence-electron chi connectivity index (χ4n) is 3.30. The Morgan fingerprint density at radius 3 is 2.40 bits per heavy atom. The Morgan fingerprint density at radius 2 is 1.77 bits per heavy atom. The molecule has 0 saturated heterocycles. The van der Waals surface area contributed by atoms with Crippen LogP contribution in [-0.2, 0) is 11.2 Å². The number of carbonyl (C=O) groups excluding carboxylic acids is 2. The molecule has 0 spiro atoms. The molecule has 5 heteroatoms. The smallest absolute Gasteiger partial charge is 0.226 e. The van der Waals surface area contributed by atoms with E-state index in [1.807, 2.05) is 61.5 Å². The molecule has 0 aliphatic heterocycles. The quantitative estimate of drug-likeness (QED) is 0.501. The number of Topliss-reactive ketones (excluding diaryl/α,β-unsaturated/α-hetero) is 1. The van der Waals surface area contributed by atoms with Crippen LogP contribution in [0.25, 0.3) is 11.1 Å². The van der Waals surface area contributed by atoms with Crippen LogP contribution in [0.15, 0.2) is 67.0 Å². The van der Waals surface area contributed by atoms with Crippen molar-refractivity contribution in [1.82, 2.24) is 4.98 Å². The highest BCUT2D eigenvalue weighted by atomic mass is 16.5. The molecule has 154 valence electrons. The van der Waals surface area contributed by atoms with Crippen LogP contribution in [0.1, 0.15) is 35.7 Å². The van der Waals surface area contributed by atoms with Crippen LogP contribution < -0.4 is 9.64 Å². The summed E-state index contributed by atoms with van der Waals surface area (Å²) in [6.45, 7) is 1.83. The van der Waals surface area contributed by atoms with Crippen molar-refractivity contribution in [2.45, 2.75) is 26.2 Å². The lowest BCUT2D eigenvalue weighted by Gasteiger charge is -2.20. The number of aromatic nitrogens is 1. The molecule has 2 aromatic carbocycles. The van der Waals surface area contributed by atoms with Gasteiger partial charge in [0.25, 0.3) is 0 Å². The topological polar surface area (TPSA) is 59.5 Å². The lowest BCUT2D eigenvalue weighted by atomic mass is 9.99. The minimum atomic E-state index is 0.0233. The molecule has 3 aromatic rings. The van der Waals surface area contributed by atoms with Gasteiger partial charge < -0.3 is 9.64 Å². The van der Waals surface area contributed by atoms with Crippen molar-refractivity contribution in [1.29, 1.82) is 0 Å². The van der Waals surface area contributed by atoms with Crippen LogP contribution in [0.4, 0.5) is 5.69 Å². The summed E-state index contributed by atoms with van der Waals surface area (Å²) in [6.07, 6.45) is 5.07. The Bertz CT molecular complexity index is 1010. The van der Waals surface area contributed by atoms with E-state index in [1.165, 1.54) is 0 Å². The SMILES string of the molecule is CCC(=O)N(C)c1ccc(-c2ccc(C(=O)CCc3cccnc3)cc2)cc1OC. The van der Waals surface area contributed by atoms with Gasteiger partial charge in [0.15, 0.2) is 5.78 Å². The van der Waals surface area contributed by atoms with E-state index in [2.05, 4.69) is 4.98 Å². The minimum absolute atomic E-state index is 0.0233. The summed E-state index contributed by atoms with van der Waals surface area (Å²) >= 11 is 0. The fraction of sp³-hybridized carbons (Fsp3) is 0.240. The first-order valence-corrected chi connectivity index (χ1v) is 10.0. The Morgan fingerprint density at radius 1 is 1.03 bits per heavy atom. The van der Waals surface area contributed by atoms with Crippen LogP contribution in [0, 0.1) is 0 Å². The molecule has 30 heavy (non-hydrogen) atoms. The number of amides is 1. The Labute approximate surface area is 177 Å². The Hall–Kier alpha value is -3.47. The molecule has 0 fully saturated rings. The molecule has 0 unspecified atom stereocenters. The lowest BCUT2D eigenvalue weighted by molar-refractivity contribution is -0.118. The van der Waals surface area contributed by atoms with E-state index in [1.54, 1.807) is 31.5 Å². The number of carbonyl (C=O) groups is 2. The number of hydrogen-bond donors (Lipinski definition) is 0. The van der Waals surface area contributed by atoms with Gasteiger partial charge in [-0.25, -0.2) is 0 Å². The summed E-state index contributed by atoms with van der Waals surface area (Å²) in [6, 6.07) is 17.2. The number of aryl methyl sites for hydroxylation is 1. The molecular formula is C25H26N2O3. The van der Waals surface area contributed by atoms with Crippen molar-refractivity contribution in [3.63, 3.8) is 0 Å². The van der Waals surface area contributed by atoms with Crippen LogP contribution in [0.3, 0.4) is 0 Å². The summed E-state index contributed by atoms with van der Waals surface area (Å²) in [5.74, 6) is 0.765. The van der Waals surface area contributed by atoms with Gasteiger partial charge in [0.1, 0.15) is 5.75 Å². The first-order valence-electron chi connectivity index (χ1n) is 10.0. The molecule has 1 heterocycles. The van der Waals surface area contributed by atoms with Crippen LogP contribution in [-0.4, -0.2) is 30.8 Å². The van der Waals surface area contributed by atoms with E-state index in [4.69, 9.17) is 4.74 Å². The minimum Gasteiger partial charge on any atom is -0.495 e. The molecule has 0 bridgehead atoms. The number of methoxy groups -OCH3 is 1. The molecule has 0 saturated carbocycles. The molecular weight excluding hydrogens is 376 g/mol. The molecule has 5 nitrogen and oxygen atoms in total. The number of ketones is 1. The first kappa shape index (κ1) is 21.2. The average molecular weight is 402 g/mol. The second-order valence-corrected chi connectivity index (χ2v) is 7.05. The number of anilines is 1. The van der Waals surface area contributed by atoms with Crippen LogP contribution in [0.2, 0.25) is 0 Å². The summed E-state index contributed by atoms with van der Waals surface area (Å²) in [7, 11) is 3.34. The lowest BCUT2D eigenvalue weighted by Crippen LogP contribution is -2.25.